The Morgan fingerprint density at radius 2 is 1.43 bits per heavy atom. The Morgan fingerprint density at radius 1 is 0.867 bits per heavy atom. The van der Waals surface area contributed by atoms with E-state index in [0.29, 0.717) is 17.2 Å². The van der Waals surface area contributed by atoms with Crippen LogP contribution in [0.2, 0.25) is 0 Å². The van der Waals surface area contributed by atoms with Gasteiger partial charge in [-0.1, -0.05) is 85.5 Å². The minimum absolute atomic E-state index is 0.00766. The van der Waals surface area contributed by atoms with Crippen LogP contribution in [0.4, 0.5) is 10.6 Å². The number of carbonyl (C=O) groups excluding carboxylic acids is 1. The minimum atomic E-state index is -1.72. The van der Waals surface area contributed by atoms with Gasteiger partial charge in [0.25, 0.3) is 0 Å². The maximum absolute atomic E-state index is 13.6. The molecule has 1 fully saturated rings. The fourth-order valence-corrected chi connectivity index (χ4v) is 8.93. The van der Waals surface area contributed by atoms with Crippen LogP contribution in [0.5, 0.6) is 17.2 Å². The predicted molar refractivity (Wildman–Crippen MR) is 231 cm³/mol. The van der Waals surface area contributed by atoms with Crippen LogP contribution < -0.4 is 25.0 Å². The van der Waals surface area contributed by atoms with E-state index in [0.717, 1.165) is 16.7 Å². The van der Waals surface area contributed by atoms with Crippen LogP contribution in [-0.2, 0) is 24.3 Å². The number of carbonyl (C=O) groups is 1. The van der Waals surface area contributed by atoms with Crippen LogP contribution in [-0.4, -0.2) is 72.0 Å². The lowest BCUT2D eigenvalue weighted by atomic mass is 9.80. The molecule has 0 spiro atoms. The number of rotatable bonds is 19. The van der Waals surface area contributed by atoms with Gasteiger partial charge >= 0.3 is 20.3 Å². The Kier molecular flexibility index (Phi) is 15.1. The van der Waals surface area contributed by atoms with Gasteiger partial charge in [0.05, 0.1) is 26.9 Å². The number of nitrogens with one attached hydrogen (secondary N) is 1. The number of nitrogens with zero attached hydrogens (tertiary/aromatic N) is 3. The van der Waals surface area contributed by atoms with Crippen molar-refractivity contribution in [1.82, 2.24) is 14.2 Å². The van der Waals surface area contributed by atoms with E-state index in [9.17, 15) is 9.59 Å². The topological polar surface area (TPSA) is 132 Å². The van der Waals surface area contributed by atoms with E-state index in [1.165, 1.54) is 22.9 Å². The van der Waals surface area contributed by atoms with Crippen LogP contribution in [0, 0.1) is 0 Å². The molecule has 1 aliphatic rings. The lowest BCUT2D eigenvalue weighted by Gasteiger charge is -2.38. The zero-order valence-corrected chi connectivity index (χ0v) is 35.7. The molecule has 1 unspecified atom stereocenters. The summed E-state index contributed by atoms with van der Waals surface area (Å²) in [5, 5.41) is 2.48. The summed E-state index contributed by atoms with van der Waals surface area (Å²) in [6.07, 6.45) is 0.334. The van der Waals surface area contributed by atoms with Crippen molar-refractivity contribution < 1.29 is 37.5 Å². The second kappa shape index (κ2) is 20.6. The molecule has 1 N–H and O–H groups in total. The molecule has 60 heavy (non-hydrogen) atoms. The molecule has 4 aromatic carbocycles. The zero-order chi connectivity index (χ0) is 42.6. The van der Waals surface area contributed by atoms with E-state index in [1.807, 2.05) is 109 Å². The number of aromatic nitrogens is 2. The Labute approximate surface area is 352 Å². The molecule has 1 aliphatic heterocycles. The van der Waals surface area contributed by atoms with Crippen LogP contribution >= 0.6 is 8.53 Å². The number of hydrogen-bond acceptors (Lipinski definition) is 11. The second-order valence-electron chi connectivity index (χ2n) is 14.5. The zero-order valence-electron chi connectivity index (χ0n) is 34.8. The molecular formula is C46H53N4O9P. The summed E-state index contributed by atoms with van der Waals surface area (Å²) in [6, 6.07) is 36.8. The summed E-state index contributed by atoms with van der Waals surface area (Å²) < 4.78 is 47.5. The first kappa shape index (κ1) is 44.0. The Morgan fingerprint density at radius 3 is 1.97 bits per heavy atom. The number of benzene rings is 4. The largest absolute Gasteiger partial charge is 0.497 e. The average Bonchev–Trinajstić information content (AvgIpc) is 3.65. The third kappa shape index (κ3) is 10.4. The minimum Gasteiger partial charge on any atom is -0.497 e. The fraction of sp³-hybridized carbons (Fsp3) is 0.326. The molecule has 6 rings (SSSR count). The molecule has 0 aliphatic carbocycles. The molecule has 1 aromatic heterocycles. The summed E-state index contributed by atoms with van der Waals surface area (Å²) >= 11 is 0. The quantitative estimate of drug-likeness (QED) is 0.0486. The molecular weight excluding hydrogens is 783 g/mol. The van der Waals surface area contributed by atoms with Crippen molar-refractivity contribution in [2.24, 2.45) is 0 Å². The summed E-state index contributed by atoms with van der Waals surface area (Å²) in [6.45, 7) is 12.0. The van der Waals surface area contributed by atoms with E-state index >= 15 is 0 Å². The Balaban J connectivity index is 1.41. The number of hydrogen-bond donors (Lipinski definition) is 1. The maximum atomic E-state index is 13.6. The van der Waals surface area contributed by atoms with Crippen molar-refractivity contribution in [2.45, 2.75) is 70.2 Å². The monoisotopic (exact) mass is 836 g/mol. The molecule has 14 heteroatoms. The van der Waals surface area contributed by atoms with Gasteiger partial charge < -0.3 is 32.7 Å². The van der Waals surface area contributed by atoms with Crippen LogP contribution in [0.3, 0.4) is 0 Å². The third-order valence-corrected chi connectivity index (χ3v) is 12.0. The number of anilines is 1. The Bertz CT molecular complexity index is 2130. The average molecular weight is 837 g/mol. The molecule has 1 saturated heterocycles. The van der Waals surface area contributed by atoms with Gasteiger partial charge in [0, 0.05) is 24.7 Å². The second-order valence-corrected chi connectivity index (χ2v) is 15.9. The number of methoxy groups -OCH3 is 2. The highest BCUT2D eigenvalue weighted by molar-refractivity contribution is 7.45. The van der Waals surface area contributed by atoms with E-state index < -0.39 is 44.3 Å². The highest BCUT2D eigenvalue weighted by Gasteiger charge is 2.45. The Hall–Kier alpha value is -5.56. The van der Waals surface area contributed by atoms with Crippen LogP contribution in [0.15, 0.2) is 139 Å². The van der Waals surface area contributed by atoms with E-state index in [-0.39, 0.29) is 37.5 Å². The molecule has 5 aromatic rings. The van der Waals surface area contributed by atoms with Gasteiger partial charge in [-0.15, -0.1) is 0 Å². The highest BCUT2D eigenvalue weighted by atomic mass is 31.2. The van der Waals surface area contributed by atoms with Gasteiger partial charge in [0.2, 0.25) is 0 Å². The van der Waals surface area contributed by atoms with E-state index in [4.69, 9.17) is 32.7 Å². The van der Waals surface area contributed by atoms with E-state index in [2.05, 4.69) is 49.2 Å². The van der Waals surface area contributed by atoms with Gasteiger partial charge in [-0.25, -0.2) is 14.3 Å². The van der Waals surface area contributed by atoms with Crippen LogP contribution in [0.25, 0.3) is 0 Å². The molecule has 4 atom stereocenters. The number of para-hydroxylation sites is 1. The molecule has 0 radical (unpaired) electrons. The summed E-state index contributed by atoms with van der Waals surface area (Å²) in [5.41, 5.74) is 0.795. The molecule has 1 amide bonds. The number of amides is 1. The number of ether oxygens (including phenoxy) is 5. The fourth-order valence-electron chi connectivity index (χ4n) is 7.17. The standard InChI is InChI=1S/C46H53N4O9P/c1-8-29-55-45(52)48-42-27-28-49(44(51)47-42)43-30-40(59-60(50(32(2)3)33(4)5)58-39-17-13-10-14-18-39)41(57-43)31-56-46(34-15-11-9-12-16-34,35-19-23-37(53-6)24-20-35)36-21-25-38(54-7)26-22-36/h8-28,32-33,40-41,43H,1,29-31H2,2-7H3,(H,47,48,51,52)/t40-,41+,43+,60?/m0/s1. The first-order valence-electron chi connectivity index (χ1n) is 19.8. The first-order chi connectivity index (χ1) is 29.1. The van der Waals surface area contributed by atoms with Crippen molar-refractivity contribution in [3.63, 3.8) is 0 Å². The molecule has 316 valence electrons. The molecule has 0 bridgehead atoms. The van der Waals surface area contributed by atoms with Gasteiger partial charge in [-0.3, -0.25) is 9.88 Å². The summed E-state index contributed by atoms with van der Waals surface area (Å²) in [4.78, 5) is 29.9. The van der Waals surface area contributed by atoms with Crippen molar-refractivity contribution >= 4 is 20.4 Å². The lowest BCUT2D eigenvalue weighted by Crippen LogP contribution is -2.40. The van der Waals surface area contributed by atoms with Crippen molar-refractivity contribution in [1.29, 1.82) is 0 Å². The van der Waals surface area contributed by atoms with Gasteiger partial charge in [0.15, 0.2) is 0 Å². The van der Waals surface area contributed by atoms with Crippen molar-refractivity contribution in [3.8, 4) is 17.2 Å². The third-order valence-electron chi connectivity index (χ3n) is 9.92. The smallest absolute Gasteiger partial charge is 0.413 e. The van der Waals surface area contributed by atoms with Gasteiger partial charge in [0.1, 0.15) is 47.6 Å². The maximum Gasteiger partial charge on any atom is 0.413 e. The molecule has 2 heterocycles. The van der Waals surface area contributed by atoms with Crippen molar-refractivity contribution in [3.05, 3.63) is 161 Å². The summed E-state index contributed by atoms with van der Waals surface area (Å²) in [5.74, 6) is 2.10. The summed E-state index contributed by atoms with van der Waals surface area (Å²) in [7, 11) is 1.55. The van der Waals surface area contributed by atoms with Gasteiger partial charge in [-0.05, 0) is 86.8 Å². The first-order valence-corrected chi connectivity index (χ1v) is 20.9. The van der Waals surface area contributed by atoms with E-state index in [1.54, 1.807) is 14.2 Å². The van der Waals surface area contributed by atoms with Crippen LogP contribution in [0.1, 0.15) is 57.0 Å². The van der Waals surface area contributed by atoms with Crippen molar-refractivity contribution in [2.75, 3.05) is 32.8 Å². The predicted octanol–water partition coefficient (Wildman–Crippen LogP) is 9.10. The normalized spacial score (nSPS) is 17.1. The SMILES string of the molecule is C=CCOC(=O)Nc1ccn([C@H]2C[C@H](OP(Oc3ccccc3)N(C(C)C)C(C)C)[C@@H](COC(c3ccccc3)(c3ccc(OC)cc3)c3ccc(OC)cc3)O2)c(=O)n1. The molecule has 0 saturated carbocycles. The van der Waals surface area contributed by atoms with Gasteiger partial charge in [-0.2, -0.15) is 4.98 Å². The highest BCUT2D eigenvalue weighted by Crippen LogP contribution is 2.50. The lowest BCUT2D eigenvalue weighted by molar-refractivity contribution is -0.0921. The molecule has 13 nitrogen and oxygen atoms in total.